The lowest BCUT2D eigenvalue weighted by molar-refractivity contribution is -0.137. The molecule has 2 fully saturated rings. The van der Waals surface area contributed by atoms with Crippen LogP contribution in [0.4, 0.5) is 18.9 Å². The average Bonchev–Trinajstić information content (AvgIpc) is 2.84. The summed E-state index contributed by atoms with van der Waals surface area (Å²) in [6.45, 7) is 1.27. The van der Waals surface area contributed by atoms with Crippen LogP contribution < -0.4 is 15.5 Å². The molecule has 2 aromatic carbocycles. The second-order valence-corrected chi connectivity index (χ2v) is 9.98. The monoisotopic (exact) mass is 502 g/mol. The lowest BCUT2D eigenvalue weighted by Gasteiger charge is -2.46. The van der Waals surface area contributed by atoms with Crippen LogP contribution in [0.25, 0.3) is 0 Å². The number of amides is 2. The second-order valence-electron chi connectivity index (χ2n) is 9.98. The summed E-state index contributed by atoms with van der Waals surface area (Å²) in [5.74, 6) is -0.446. The van der Waals surface area contributed by atoms with Crippen LogP contribution in [0.3, 0.4) is 0 Å². The number of rotatable bonds is 7. The fourth-order valence-electron chi connectivity index (χ4n) is 5.11. The summed E-state index contributed by atoms with van der Waals surface area (Å²) in [6.07, 6.45) is 0.0400. The van der Waals surface area contributed by atoms with E-state index in [2.05, 4.69) is 39.8 Å². The Morgan fingerprint density at radius 2 is 1.67 bits per heavy atom. The molecule has 2 aromatic rings. The van der Waals surface area contributed by atoms with Crippen molar-refractivity contribution in [2.24, 2.45) is 0 Å². The van der Waals surface area contributed by atoms with Crippen LogP contribution >= 0.6 is 0 Å². The van der Waals surface area contributed by atoms with Gasteiger partial charge in [0.1, 0.15) is 0 Å². The summed E-state index contributed by atoms with van der Waals surface area (Å²) < 4.78 is 39.7. The zero-order valence-corrected chi connectivity index (χ0v) is 20.6. The molecule has 4 rings (SSSR count). The second kappa shape index (κ2) is 10.9. The number of benzene rings is 2. The van der Waals surface area contributed by atoms with Crippen molar-refractivity contribution in [2.45, 2.75) is 49.9 Å². The molecule has 0 bridgehead atoms. The molecule has 2 N–H and O–H groups in total. The first-order valence-electron chi connectivity index (χ1n) is 12.4. The van der Waals surface area contributed by atoms with Crippen molar-refractivity contribution >= 4 is 17.5 Å². The van der Waals surface area contributed by atoms with Gasteiger partial charge in [-0.25, -0.2) is 0 Å². The number of hydrogen-bond acceptors (Lipinski definition) is 4. The molecule has 2 amide bonds. The van der Waals surface area contributed by atoms with Crippen molar-refractivity contribution in [1.82, 2.24) is 15.5 Å². The number of carbonyl (C=O) groups excluding carboxylic acids is 2. The Morgan fingerprint density at radius 1 is 1.00 bits per heavy atom. The molecule has 2 aliphatic rings. The zero-order valence-electron chi connectivity index (χ0n) is 20.6. The number of nitrogens with one attached hydrogen (secondary N) is 2. The van der Waals surface area contributed by atoms with Gasteiger partial charge in [-0.1, -0.05) is 30.3 Å². The molecule has 1 aliphatic carbocycles. The maximum atomic E-state index is 13.2. The van der Waals surface area contributed by atoms with Gasteiger partial charge in [0.05, 0.1) is 18.2 Å². The van der Waals surface area contributed by atoms with Crippen molar-refractivity contribution < 1.29 is 22.8 Å². The highest BCUT2D eigenvalue weighted by Gasteiger charge is 2.35. The van der Waals surface area contributed by atoms with E-state index in [0.29, 0.717) is 12.0 Å². The molecule has 1 saturated heterocycles. The zero-order chi connectivity index (χ0) is 25.9. The number of likely N-dealkylation sites (tertiary alicyclic amines) is 1. The van der Waals surface area contributed by atoms with Gasteiger partial charge in [-0.15, -0.1) is 0 Å². The molecule has 0 aromatic heterocycles. The minimum absolute atomic E-state index is 0.0233. The predicted octanol–water partition coefficient (Wildman–Crippen LogP) is 4.03. The van der Waals surface area contributed by atoms with E-state index in [4.69, 9.17) is 0 Å². The molecule has 1 heterocycles. The maximum absolute atomic E-state index is 13.2. The summed E-state index contributed by atoms with van der Waals surface area (Å²) in [5.41, 5.74) is 0.625. The molecule has 0 radical (unpaired) electrons. The smallest absolute Gasteiger partial charge is 0.378 e. The van der Waals surface area contributed by atoms with Gasteiger partial charge in [-0.2, -0.15) is 13.2 Å². The Hall–Kier alpha value is -3.07. The first kappa shape index (κ1) is 26.0. The number of halogens is 3. The van der Waals surface area contributed by atoms with Gasteiger partial charge in [0.25, 0.3) is 5.91 Å². The van der Waals surface area contributed by atoms with Crippen molar-refractivity contribution in [3.63, 3.8) is 0 Å². The van der Waals surface area contributed by atoms with Crippen LogP contribution in [0.5, 0.6) is 0 Å². The highest BCUT2D eigenvalue weighted by molar-refractivity contribution is 5.97. The fraction of sp³-hybridized carbons (Fsp3) is 0.481. The third kappa shape index (κ3) is 6.37. The SMILES string of the molecule is CN(C)c1cc(C(=O)NCC(=O)NC2CN(C3CCC(c4ccccc4)CC3)C2)cc(C(F)(F)F)c1. The van der Waals surface area contributed by atoms with Crippen LogP contribution in [-0.4, -0.2) is 62.5 Å². The van der Waals surface area contributed by atoms with Crippen LogP contribution in [0.2, 0.25) is 0 Å². The summed E-state index contributed by atoms with van der Waals surface area (Å²) in [6, 6.07) is 14.3. The van der Waals surface area contributed by atoms with E-state index in [1.807, 2.05) is 6.07 Å². The van der Waals surface area contributed by atoms with Gasteiger partial charge in [0.2, 0.25) is 5.91 Å². The molecular formula is C27H33F3N4O2. The van der Waals surface area contributed by atoms with Crippen molar-refractivity contribution in [3.05, 3.63) is 65.2 Å². The summed E-state index contributed by atoms with van der Waals surface area (Å²) in [7, 11) is 3.20. The molecular weight excluding hydrogens is 469 g/mol. The summed E-state index contributed by atoms with van der Waals surface area (Å²) >= 11 is 0. The fourth-order valence-corrected chi connectivity index (χ4v) is 5.11. The van der Waals surface area contributed by atoms with Gasteiger partial charge in [-0.05, 0) is 55.4 Å². The van der Waals surface area contributed by atoms with E-state index in [1.54, 1.807) is 14.1 Å². The minimum Gasteiger partial charge on any atom is -0.378 e. The molecule has 9 heteroatoms. The molecule has 6 nitrogen and oxygen atoms in total. The molecule has 0 unspecified atom stereocenters. The third-order valence-corrected chi connectivity index (χ3v) is 7.19. The molecule has 0 atom stereocenters. The van der Waals surface area contributed by atoms with E-state index >= 15 is 0 Å². The number of anilines is 1. The van der Waals surface area contributed by atoms with Crippen LogP contribution in [0.15, 0.2) is 48.5 Å². The molecule has 1 saturated carbocycles. The Balaban J connectivity index is 1.20. The molecule has 1 aliphatic heterocycles. The highest BCUT2D eigenvalue weighted by atomic mass is 19.4. The largest absolute Gasteiger partial charge is 0.416 e. The van der Waals surface area contributed by atoms with Crippen LogP contribution in [0, 0.1) is 0 Å². The number of hydrogen-bond donors (Lipinski definition) is 2. The average molecular weight is 503 g/mol. The third-order valence-electron chi connectivity index (χ3n) is 7.19. The Bertz CT molecular complexity index is 1060. The highest BCUT2D eigenvalue weighted by Crippen LogP contribution is 2.36. The number of nitrogens with zero attached hydrogens (tertiary/aromatic N) is 2. The molecule has 36 heavy (non-hydrogen) atoms. The van der Waals surface area contributed by atoms with Crippen molar-refractivity contribution in [1.29, 1.82) is 0 Å². The predicted molar refractivity (Wildman–Crippen MR) is 133 cm³/mol. The van der Waals surface area contributed by atoms with Crippen molar-refractivity contribution in [2.75, 3.05) is 38.6 Å². The van der Waals surface area contributed by atoms with Crippen molar-refractivity contribution in [3.8, 4) is 0 Å². The quantitative estimate of drug-likeness (QED) is 0.600. The van der Waals surface area contributed by atoms with E-state index in [-0.39, 0.29) is 29.7 Å². The van der Waals surface area contributed by atoms with E-state index < -0.39 is 17.6 Å². The van der Waals surface area contributed by atoms with Gasteiger partial charge >= 0.3 is 6.18 Å². The van der Waals surface area contributed by atoms with E-state index in [0.717, 1.165) is 38.1 Å². The normalized spacial score (nSPS) is 20.9. The Morgan fingerprint density at radius 3 is 2.28 bits per heavy atom. The number of alkyl halides is 3. The van der Waals surface area contributed by atoms with E-state index in [1.165, 1.54) is 29.4 Å². The maximum Gasteiger partial charge on any atom is 0.416 e. The van der Waals surface area contributed by atoms with Gasteiger partial charge in [0.15, 0.2) is 0 Å². The first-order chi connectivity index (χ1) is 17.1. The standard InChI is InChI=1S/C27H33F3N4O2/c1-33(2)24-13-20(12-21(14-24)27(28,29)30)26(36)31-15-25(35)32-22-16-34(17-22)23-10-8-19(9-11-23)18-6-4-3-5-7-18/h3-7,12-14,19,22-23H,8-11,15-17H2,1-2H3,(H,31,36)(H,32,35). The topological polar surface area (TPSA) is 64.7 Å². The summed E-state index contributed by atoms with van der Waals surface area (Å²) in [4.78, 5) is 28.7. The Labute approximate surface area is 209 Å². The first-order valence-corrected chi connectivity index (χ1v) is 12.4. The Kier molecular flexibility index (Phi) is 7.88. The lowest BCUT2D eigenvalue weighted by atomic mass is 9.80. The summed E-state index contributed by atoms with van der Waals surface area (Å²) in [5, 5.41) is 5.35. The molecule has 0 spiro atoms. The van der Waals surface area contributed by atoms with E-state index in [9.17, 15) is 22.8 Å². The van der Waals surface area contributed by atoms with Gasteiger partial charge in [-0.3, -0.25) is 14.5 Å². The lowest BCUT2D eigenvalue weighted by Crippen LogP contribution is -2.63. The minimum atomic E-state index is -4.57. The van der Waals surface area contributed by atoms with Gasteiger partial charge < -0.3 is 15.5 Å². The van der Waals surface area contributed by atoms with Crippen LogP contribution in [0.1, 0.15) is 53.1 Å². The van der Waals surface area contributed by atoms with Gasteiger partial charge in [0, 0.05) is 44.5 Å². The number of carbonyl (C=O) groups is 2. The van der Waals surface area contributed by atoms with Crippen LogP contribution in [-0.2, 0) is 11.0 Å². The molecule has 194 valence electrons.